The number of aliphatic hydroxyl groups is 1. The highest BCUT2D eigenvalue weighted by Gasteiger charge is 2.33. The average molecular weight is 211 g/mol. The lowest BCUT2D eigenvalue weighted by molar-refractivity contribution is -0.121. The van der Waals surface area contributed by atoms with E-state index in [9.17, 15) is 9.90 Å². The van der Waals surface area contributed by atoms with Crippen molar-refractivity contribution in [3.63, 3.8) is 0 Å². The van der Waals surface area contributed by atoms with Crippen LogP contribution in [0.4, 0.5) is 0 Å². The Bertz CT molecular complexity index is 232. The van der Waals surface area contributed by atoms with Gasteiger partial charge in [0, 0.05) is 24.9 Å². The van der Waals surface area contributed by atoms with Crippen molar-refractivity contribution in [2.45, 2.75) is 63.1 Å². The van der Waals surface area contributed by atoms with Gasteiger partial charge in [0.2, 0.25) is 0 Å². The first-order valence-electron chi connectivity index (χ1n) is 6.10. The molecule has 0 spiro atoms. The van der Waals surface area contributed by atoms with E-state index in [4.69, 9.17) is 0 Å². The van der Waals surface area contributed by atoms with Gasteiger partial charge in [-0.1, -0.05) is 0 Å². The van der Waals surface area contributed by atoms with E-state index in [1.165, 1.54) is 0 Å². The summed E-state index contributed by atoms with van der Waals surface area (Å²) >= 11 is 0. The predicted octanol–water partition coefficient (Wildman–Crippen LogP) is 1.34. The van der Waals surface area contributed by atoms with E-state index in [0.29, 0.717) is 17.9 Å². The number of nitrogens with zero attached hydrogens (tertiary/aromatic N) is 1. The van der Waals surface area contributed by atoms with E-state index in [0.717, 1.165) is 44.9 Å². The van der Waals surface area contributed by atoms with Crippen LogP contribution in [-0.2, 0) is 4.79 Å². The van der Waals surface area contributed by atoms with Crippen molar-refractivity contribution in [3.8, 4) is 0 Å². The first kappa shape index (κ1) is 11.1. The highest BCUT2D eigenvalue weighted by molar-refractivity contribution is 5.79. The van der Waals surface area contributed by atoms with E-state index in [-0.39, 0.29) is 6.10 Å². The fourth-order valence-electron chi connectivity index (χ4n) is 3.00. The Hall–Kier alpha value is -0.410. The Morgan fingerprint density at radius 3 is 2.40 bits per heavy atom. The SMILES string of the molecule is CN(C1CCC(=O)CC1)C1CCCC1O. The molecule has 0 aromatic carbocycles. The quantitative estimate of drug-likeness (QED) is 0.749. The summed E-state index contributed by atoms with van der Waals surface area (Å²) in [7, 11) is 2.11. The maximum Gasteiger partial charge on any atom is 0.133 e. The van der Waals surface area contributed by atoms with Crippen LogP contribution in [0.25, 0.3) is 0 Å². The number of likely N-dealkylation sites (N-methyl/N-ethyl adjacent to an activating group) is 1. The van der Waals surface area contributed by atoms with Crippen molar-refractivity contribution in [1.29, 1.82) is 0 Å². The van der Waals surface area contributed by atoms with Gasteiger partial charge in [0.1, 0.15) is 5.78 Å². The van der Waals surface area contributed by atoms with Gasteiger partial charge in [0.15, 0.2) is 0 Å². The first-order valence-corrected chi connectivity index (χ1v) is 6.10. The third-order valence-electron chi connectivity index (χ3n) is 4.06. The van der Waals surface area contributed by atoms with Crippen molar-refractivity contribution in [3.05, 3.63) is 0 Å². The van der Waals surface area contributed by atoms with Crippen molar-refractivity contribution < 1.29 is 9.90 Å². The lowest BCUT2D eigenvalue weighted by Gasteiger charge is -2.36. The molecule has 2 unspecified atom stereocenters. The summed E-state index contributed by atoms with van der Waals surface area (Å²) < 4.78 is 0. The summed E-state index contributed by atoms with van der Waals surface area (Å²) in [6, 6.07) is 0.851. The smallest absolute Gasteiger partial charge is 0.133 e. The van der Waals surface area contributed by atoms with Crippen LogP contribution >= 0.6 is 0 Å². The van der Waals surface area contributed by atoms with Gasteiger partial charge in [-0.05, 0) is 39.2 Å². The van der Waals surface area contributed by atoms with E-state index in [1.807, 2.05) is 0 Å². The van der Waals surface area contributed by atoms with Crippen LogP contribution < -0.4 is 0 Å². The minimum atomic E-state index is -0.146. The minimum absolute atomic E-state index is 0.146. The minimum Gasteiger partial charge on any atom is -0.391 e. The highest BCUT2D eigenvalue weighted by Crippen LogP contribution is 2.28. The van der Waals surface area contributed by atoms with Crippen LogP contribution in [0.3, 0.4) is 0 Å². The van der Waals surface area contributed by atoms with E-state index in [2.05, 4.69) is 11.9 Å². The summed E-state index contributed by atoms with van der Waals surface area (Å²) in [6.45, 7) is 0. The highest BCUT2D eigenvalue weighted by atomic mass is 16.3. The second-order valence-corrected chi connectivity index (χ2v) is 5.00. The average Bonchev–Trinajstić information content (AvgIpc) is 2.65. The maximum absolute atomic E-state index is 11.1. The molecule has 2 aliphatic carbocycles. The topological polar surface area (TPSA) is 40.5 Å². The molecule has 0 radical (unpaired) electrons. The summed E-state index contributed by atoms with van der Waals surface area (Å²) in [5.74, 6) is 0.409. The van der Waals surface area contributed by atoms with E-state index >= 15 is 0 Å². The monoisotopic (exact) mass is 211 g/mol. The van der Waals surface area contributed by atoms with Gasteiger partial charge >= 0.3 is 0 Å². The molecule has 2 aliphatic rings. The molecule has 2 fully saturated rings. The number of hydrogen-bond donors (Lipinski definition) is 1. The molecule has 0 amide bonds. The Balaban J connectivity index is 1.89. The molecule has 15 heavy (non-hydrogen) atoms. The number of carbonyl (C=O) groups is 1. The third kappa shape index (κ3) is 2.40. The molecule has 2 atom stereocenters. The predicted molar refractivity (Wildman–Crippen MR) is 58.7 cm³/mol. The van der Waals surface area contributed by atoms with Crippen LogP contribution in [0, 0.1) is 0 Å². The molecule has 0 aromatic rings. The summed E-state index contributed by atoms with van der Waals surface area (Å²) in [5.41, 5.74) is 0. The molecule has 1 N–H and O–H groups in total. The van der Waals surface area contributed by atoms with Crippen LogP contribution in [0.1, 0.15) is 44.9 Å². The van der Waals surface area contributed by atoms with Crippen LogP contribution in [0.2, 0.25) is 0 Å². The third-order valence-corrected chi connectivity index (χ3v) is 4.06. The Morgan fingerprint density at radius 1 is 1.20 bits per heavy atom. The van der Waals surface area contributed by atoms with Gasteiger partial charge in [-0.15, -0.1) is 0 Å². The Labute approximate surface area is 91.5 Å². The molecule has 86 valence electrons. The molecular weight excluding hydrogens is 190 g/mol. The molecule has 0 saturated heterocycles. The van der Waals surface area contributed by atoms with Crippen molar-refractivity contribution in [2.24, 2.45) is 0 Å². The second-order valence-electron chi connectivity index (χ2n) is 5.00. The molecule has 2 saturated carbocycles. The normalized spacial score (nSPS) is 33.9. The zero-order chi connectivity index (χ0) is 10.8. The van der Waals surface area contributed by atoms with Gasteiger partial charge in [-0.3, -0.25) is 9.69 Å². The molecule has 0 bridgehead atoms. The van der Waals surface area contributed by atoms with Gasteiger partial charge in [0.25, 0.3) is 0 Å². The largest absolute Gasteiger partial charge is 0.391 e. The van der Waals surface area contributed by atoms with Crippen molar-refractivity contribution >= 4 is 5.78 Å². The fourth-order valence-corrected chi connectivity index (χ4v) is 3.00. The van der Waals surface area contributed by atoms with E-state index < -0.39 is 0 Å². The van der Waals surface area contributed by atoms with Crippen LogP contribution in [0.15, 0.2) is 0 Å². The van der Waals surface area contributed by atoms with Crippen LogP contribution in [0.5, 0.6) is 0 Å². The van der Waals surface area contributed by atoms with Gasteiger partial charge in [0.05, 0.1) is 6.10 Å². The zero-order valence-electron chi connectivity index (χ0n) is 9.48. The zero-order valence-corrected chi connectivity index (χ0v) is 9.48. The molecular formula is C12H21NO2. The number of rotatable bonds is 2. The van der Waals surface area contributed by atoms with Crippen molar-refractivity contribution in [2.75, 3.05) is 7.05 Å². The first-order chi connectivity index (χ1) is 7.18. The second kappa shape index (κ2) is 4.62. The fraction of sp³-hybridized carbons (Fsp3) is 0.917. The summed E-state index contributed by atoms with van der Waals surface area (Å²) in [6.07, 6.45) is 6.49. The number of Topliss-reactive ketones (excluding diaryl/α,β-unsaturated/α-hetero) is 1. The number of hydrogen-bond acceptors (Lipinski definition) is 3. The standard InChI is InChI=1S/C12H21NO2/c1-13(11-3-2-4-12(11)15)9-5-7-10(14)8-6-9/h9,11-12,15H,2-8H2,1H3. The molecule has 0 heterocycles. The van der Waals surface area contributed by atoms with Gasteiger partial charge < -0.3 is 5.11 Å². The Morgan fingerprint density at radius 2 is 1.87 bits per heavy atom. The summed E-state index contributed by atoms with van der Waals surface area (Å²) in [4.78, 5) is 13.5. The van der Waals surface area contributed by atoms with Crippen LogP contribution in [-0.4, -0.2) is 41.0 Å². The maximum atomic E-state index is 11.1. The molecule has 0 aromatic heterocycles. The lowest BCUT2D eigenvalue weighted by Crippen LogP contribution is -2.45. The molecule has 3 heteroatoms. The van der Waals surface area contributed by atoms with Gasteiger partial charge in [-0.25, -0.2) is 0 Å². The number of ketones is 1. The molecule has 3 nitrogen and oxygen atoms in total. The van der Waals surface area contributed by atoms with Gasteiger partial charge in [-0.2, -0.15) is 0 Å². The summed E-state index contributed by atoms with van der Waals surface area (Å²) in [5, 5.41) is 9.83. The molecule has 0 aliphatic heterocycles. The Kier molecular flexibility index (Phi) is 3.42. The number of carbonyl (C=O) groups excluding carboxylic acids is 1. The van der Waals surface area contributed by atoms with Crippen molar-refractivity contribution in [1.82, 2.24) is 4.90 Å². The van der Waals surface area contributed by atoms with E-state index in [1.54, 1.807) is 0 Å². The molecule has 2 rings (SSSR count). The lowest BCUT2D eigenvalue weighted by atomic mass is 9.92. The number of aliphatic hydroxyl groups excluding tert-OH is 1.